The number of carbonyl (C=O) groups excluding carboxylic acids is 1. The van der Waals surface area contributed by atoms with Gasteiger partial charge in [0.1, 0.15) is 17.4 Å². The maximum Gasteiger partial charge on any atom is 0.217 e. The van der Waals surface area contributed by atoms with Crippen molar-refractivity contribution in [3.05, 3.63) is 101 Å². The Kier molecular flexibility index (Phi) is 30.3. The molecule has 0 radical (unpaired) electrons. The molecular weight excluding hydrogens is 658 g/mol. The van der Waals surface area contributed by atoms with Crippen molar-refractivity contribution in [3.63, 3.8) is 0 Å². The maximum atomic E-state index is 12.9. The molecule has 6 nitrogen and oxygen atoms in total. The van der Waals surface area contributed by atoms with Gasteiger partial charge in [0, 0.05) is 51.5 Å². The summed E-state index contributed by atoms with van der Waals surface area (Å²) in [5, 5.41) is 5.74. The van der Waals surface area contributed by atoms with E-state index in [1.165, 1.54) is 69.1 Å². The SMILES string of the molecule is CC(=O)NCc1ccc(F)cc1F.CC1CC1.CCC1CC1.CCNC1CC1.CCOC.CCOCc1ccccc1.CCc1ccccc1OC. The molecule has 0 bridgehead atoms. The Morgan fingerprint density at radius 1 is 0.788 bits per heavy atom. The zero-order valence-electron chi connectivity index (χ0n) is 33.7. The highest BCUT2D eigenvalue weighted by atomic mass is 19.1. The van der Waals surface area contributed by atoms with Crippen LogP contribution in [-0.4, -0.2) is 45.9 Å². The molecule has 0 aromatic heterocycles. The third-order valence-electron chi connectivity index (χ3n) is 7.93. The third kappa shape index (κ3) is 30.3. The number of hydrogen-bond acceptors (Lipinski definition) is 5. The van der Waals surface area contributed by atoms with Crippen LogP contribution in [0, 0.1) is 23.5 Å². The first-order valence-corrected chi connectivity index (χ1v) is 19.2. The number of para-hydroxylation sites is 1. The zero-order chi connectivity index (χ0) is 39.0. The van der Waals surface area contributed by atoms with Crippen molar-refractivity contribution < 1.29 is 27.8 Å². The minimum absolute atomic E-state index is 0.0848. The van der Waals surface area contributed by atoms with Gasteiger partial charge >= 0.3 is 0 Å². The van der Waals surface area contributed by atoms with E-state index >= 15 is 0 Å². The van der Waals surface area contributed by atoms with E-state index < -0.39 is 11.6 Å². The van der Waals surface area contributed by atoms with Crippen molar-refractivity contribution in [2.45, 2.75) is 119 Å². The van der Waals surface area contributed by atoms with Crippen LogP contribution in [0.15, 0.2) is 72.8 Å². The summed E-state index contributed by atoms with van der Waals surface area (Å²) in [6.07, 6.45) is 11.3. The Labute approximate surface area is 315 Å². The summed E-state index contributed by atoms with van der Waals surface area (Å²) in [6, 6.07) is 22.4. The number of carbonyl (C=O) groups is 1. The Morgan fingerprint density at radius 3 is 1.75 bits per heavy atom. The second-order valence-electron chi connectivity index (χ2n) is 12.9. The lowest BCUT2D eigenvalue weighted by molar-refractivity contribution is -0.119. The molecule has 0 atom stereocenters. The van der Waals surface area contributed by atoms with Crippen molar-refractivity contribution in [3.8, 4) is 5.75 Å². The van der Waals surface area contributed by atoms with Gasteiger partial charge in [0.25, 0.3) is 0 Å². The first kappa shape index (κ1) is 48.7. The van der Waals surface area contributed by atoms with Crippen LogP contribution in [0.3, 0.4) is 0 Å². The average molecular weight is 729 g/mol. The number of benzene rings is 3. The Hall–Kier alpha value is -3.33. The topological polar surface area (TPSA) is 68.8 Å². The predicted octanol–water partition coefficient (Wildman–Crippen LogP) is 10.7. The lowest BCUT2D eigenvalue weighted by Crippen LogP contribution is -2.19. The molecule has 3 aromatic carbocycles. The van der Waals surface area contributed by atoms with Gasteiger partial charge in [-0.15, -0.1) is 0 Å². The van der Waals surface area contributed by atoms with Gasteiger partial charge in [0.2, 0.25) is 5.91 Å². The van der Waals surface area contributed by atoms with E-state index in [9.17, 15) is 13.6 Å². The molecule has 8 heteroatoms. The standard InChI is InChI=1S/C9H9F2NO.2C9H12O.C5H11N.C5H10.C4H8.C3H8O/c1-6(13)12-5-7-2-3-8(10)4-9(7)11;1-3-8-6-4-5-7-9(8)10-2;1-2-10-8-9-6-4-3-5-7-9;1-2-6-5-3-4-5;1-2-5-3-4-5;1-4-2-3-4;1-3-4-2/h2-4H,5H2,1H3,(H,12,13);4-7H,3H2,1-2H3;3-7H,2,8H2,1H3;5-6H,2-4H2,1H3;5H,2-4H2,1H3;4H,2-3H2,1H3;3H2,1-2H3. The van der Waals surface area contributed by atoms with E-state index in [-0.39, 0.29) is 18.0 Å². The van der Waals surface area contributed by atoms with Crippen molar-refractivity contribution in [2.24, 2.45) is 11.8 Å². The van der Waals surface area contributed by atoms with Gasteiger partial charge in [0.15, 0.2) is 0 Å². The number of ether oxygens (including phenoxy) is 3. The summed E-state index contributed by atoms with van der Waals surface area (Å²) in [5.41, 5.74) is 2.78. The Balaban J connectivity index is 0.000000608. The average Bonchev–Trinajstić information content (AvgIpc) is 4.01. The number of rotatable bonds is 11. The molecule has 6 rings (SSSR count). The second-order valence-corrected chi connectivity index (χ2v) is 12.9. The monoisotopic (exact) mass is 729 g/mol. The molecule has 0 saturated heterocycles. The lowest BCUT2D eigenvalue weighted by atomic mass is 10.1. The van der Waals surface area contributed by atoms with E-state index in [0.29, 0.717) is 0 Å². The fraction of sp³-hybridized carbons (Fsp3) is 0.568. The normalized spacial score (nSPS) is 13.4. The van der Waals surface area contributed by atoms with E-state index in [1.54, 1.807) is 14.2 Å². The quantitative estimate of drug-likeness (QED) is 0.206. The lowest BCUT2D eigenvalue weighted by Gasteiger charge is -2.03. The van der Waals surface area contributed by atoms with Crippen molar-refractivity contribution in [1.82, 2.24) is 10.6 Å². The smallest absolute Gasteiger partial charge is 0.217 e. The molecule has 0 aliphatic heterocycles. The zero-order valence-corrected chi connectivity index (χ0v) is 33.7. The van der Waals surface area contributed by atoms with Gasteiger partial charge in [-0.25, -0.2) is 8.78 Å². The number of methoxy groups -OCH3 is 2. The molecule has 2 N–H and O–H groups in total. The predicted molar refractivity (Wildman–Crippen MR) is 214 cm³/mol. The van der Waals surface area contributed by atoms with Gasteiger partial charge in [-0.2, -0.15) is 0 Å². The van der Waals surface area contributed by atoms with Crippen LogP contribution in [-0.2, 0) is 33.8 Å². The highest BCUT2D eigenvalue weighted by Crippen LogP contribution is 2.31. The first-order chi connectivity index (χ1) is 25.1. The van der Waals surface area contributed by atoms with Crippen molar-refractivity contribution in [2.75, 3.05) is 34.0 Å². The first-order valence-electron chi connectivity index (χ1n) is 19.2. The van der Waals surface area contributed by atoms with Crippen LogP contribution < -0.4 is 15.4 Å². The van der Waals surface area contributed by atoms with Gasteiger partial charge in [-0.1, -0.05) is 114 Å². The molecule has 1 amide bonds. The largest absolute Gasteiger partial charge is 0.496 e. The van der Waals surface area contributed by atoms with Gasteiger partial charge < -0.3 is 24.8 Å². The summed E-state index contributed by atoms with van der Waals surface area (Å²) in [5.74, 6) is 1.70. The van der Waals surface area contributed by atoms with E-state index in [1.807, 2.05) is 50.2 Å². The van der Waals surface area contributed by atoms with Crippen molar-refractivity contribution >= 4 is 5.91 Å². The molecule has 3 fully saturated rings. The van der Waals surface area contributed by atoms with Crippen LogP contribution in [0.4, 0.5) is 8.78 Å². The van der Waals surface area contributed by atoms with Crippen LogP contribution in [0.2, 0.25) is 0 Å². The van der Waals surface area contributed by atoms with Crippen molar-refractivity contribution in [1.29, 1.82) is 0 Å². The highest BCUT2D eigenvalue weighted by molar-refractivity contribution is 5.72. The maximum absolute atomic E-state index is 12.9. The van der Waals surface area contributed by atoms with E-state index in [4.69, 9.17) is 9.47 Å². The molecule has 294 valence electrons. The van der Waals surface area contributed by atoms with Crippen LogP contribution >= 0.6 is 0 Å². The van der Waals surface area contributed by atoms with E-state index in [2.05, 4.69) is 61.3 Å². The molecule has 0 unspecified atom stereocenters. The summed E-state index contributed by atoms with van der Waals surface area (Å²) in [7, 11) is 3.38. The molecule has 3 aliphatic carbocycles. The van der Waals surface area contributed by atoms with Gasteiger partial charge in [-0.3, -0.25) is 4.79 Å². The molecular formula is C44H70F2N2O4. The fourth-order valence-electron chi connectivity index (χ4n) is 3.94. The summed E-state index contributed by atoms with van der Waals surface area (Å²) in [6.45, 7) is 17.7. The number of aryl methyl sites for hydroxylation is 1. The van der Waals surface area contributed by atoms with Gasteiger partial charge in [0.05, 0.1) is 13.7 Å². The minimum atomic E-state index is -0.645. The fourth-order valence-corrected chi connectivity index (χ4v) is 3.94. The Bertz CT molecular complexity index is 1240. The van der Waals surface area contributed by atoms with E-state index in [0.717, 1.165) is 68.5 Å². The summed E-state index contributed by atoms with van der Waals surface area (Å²) >= 11 is 0. The molecule has 3 aromatic rings. The highest BCUT2D eigenvalue weighted by Gasteiger charge is 2.18. The van der Waals surface area contributed by atoms with Gasteiger partial charge in [-0.05, 0) is 74.8 Å². The molecule has 52 heavy (non-hydrogen) atoms. The van der Waals surface area contributed by atoms with Crippen LogP contribution in [0.5, 0.6) is 5.75 Å². The molecule has 3 aliphatic rings. The molecule has 0 spiro atoms. The second kappa shape index (κ2) is 32.3. The third-order valence-corrected chi connectivity index (χ3v) is 7.93. The summed E-state index contributed by atoms with van der Waals surface area (Å²) in [4.78, 5) is 10.5. The Morgan fingerprint density at radius 2 is 1.38 bits per heavy atom. The molecule has 3 saturated carbocycles. The number of amides is 1. The molecule has 0 heterocycles. The van der Waals surface area contributed by atoms with Crippen LogP contribution in [0.1, 0.15) is 110 Å². The number of nitrogens with one attached hydrogen (secondary N) is 2. The minimum Gasteiger partial charge on any atom is -0.496 e. The van der Waals surface area contributed by atoms with Crippen LogP contribution in [0.25, 0.3) is 0 Å². The number of halogens is 2. The number of hydrogen-bond donors (Lipinski definition) is 2. The summed E-state index contributed by atoms with van der Waals surface area (Å²) < 4.78 is 40.2.